The number of benzene rings is 1. The first-order valence-corrected chi connectivity index (χ1v) is 7.67. The zero-order chi connectivity index (χ0) is 14.0. The molecular formula is C11H11Cl2N3O2S. The third-order valence-corrected chi connectivity index (χ3v) is 4.51. The summed E-state index contributed by atoms with van der Waals surface area (Å²) in [6, 6.07) is 5.79. The van der Waals surface area contributed by atoms with Gasteiger partial charge in [0.15, 0.2) is 0 Å². The first-order valence-electron chi connectivity index (χ1n) is 5.43. The van der Waals surface area contributed by atoms with Crippen LogP contribution in [0.5, 0.6) is 0 Å². The van der Waals surface area contributed by atoms with Crippen molar-refractivity contribution in [3.63, 3.8) is 0 Å². The third-order valence-electron chi connectivity index (χ3n) is 2.44. The molecule has 2 rings (SSSR count). The monoisotopic (exact) mass is 319 g/mol. The fourth-order valence-electron chi connectivity index (χ4n) is 1.56. The molecule has 0 radical (unpaired) electrons. The van der Waals surface area contributed by atoms with Crippen LogP contribution in [0.3, 0.4) is 0 Å². The first-order chi connectivity index (χ1) is 8.94. The summed E-state index contributed by atoms with van der Waals surface area (Å²) in [6.45, 7) is 2.42. The highest BCUT2D eigenvalue weighted by Gasteiger charge is 2.19. The van der Waals surface area contributed by atoms with Crippen LogP contribution in [0, 0.1) is 0 Å². The van der Waals surface area contributed by atoms with Crippen molar-refractivity contribution < 1.29 is 8.42 Å². The highest BCUT2D eigenvalue weighted by Crippen LogP contribution is 2.26. The maximum atomic E-state index is 12.2. The Labute approximate surface area is 121 Å². The second-order valence-electron chi connectivity index (χ2n) is 3.71. The molecule has 0 unspecified atom stereocenters. The molecule has 0 aliphatic heterocycles. The van der Waals surface area contributed by atoms with Gasteiger partial charge in [0.25, 0.3) is 10.0 Å². The third kappa shape index (κ3) is 3.02. The van der Waals surface area contributed by atoms with E-state index < -0.39 is 10.0 Å². The first kappa shape index (κ1) is 14.2. The minimum Gasteiger partial charge on any atom is -0.264 e. The van der Waals surface area contributed by atoms with Gasteiger partial charge in [-0.15, -0.1) is 0 Å². The molecule has 1 N–H and O–H groups in total. The highest BCUT2D eigenvalue weighted by atomic mass is 35.5. The van der Waals surface area contributed by atoms with Crippen molar-refractivity contribution in [1.82, 2.24) is 9.78 Å². The molecule has 8 heteroatoms. The Hall–Kier alpha value is -1.24. The fourth-order valence-corrected chi connectivity index (χ4v) is 3.39. The number of halogens is 2. The van der Waals surface area contributed by atoms with Crippen molar-refractivity contribution in [3.8, 4) is 0 Å². The van der Waals surface area contributed by atoms with E-state index in [2.05, 4.69) is 9.82 Å². The van der Waals surface area contributed by atoms with Gasteiger partial charge >= 0.3 is 0 Å². The predicted octanol–water partition coefficient (Wildman–Crippen LogP) is 3.01. The lowest BCUT2D eigenvalue weighted by Crippen LogP contribution is -2.16. The Balaban J connectivity index is 2.38. The second kappa shape index (κ2) is 5.40. The molecule has 0 aliphatic carbocycles. The lowest BCUT2D eigenvalue weighted by atomic mass is 10.4. The van der Waals surface area contributed by atoms with Gasteiger partial charge in [0.1, 0.15) is 10.7 Å². The average molecular weight is 320 g/mol. The van der Waals surface area contributed by atoms with Crippen molar-refractivity contribution in [2.24, 2.45) is 0 Å². The maximum Gasteiger partial charge on any atom is 0.264 e. The van der Waals surface area contributed by atoms with Crippen LogP contribution in [0.4, 0.5) is 5.82 Å². The van der Waals surface area contributed by atoms with E-state index in [4.69, 9.17) is 23.2 Å². The van der Waals surface area contributed by atoms with Crippen LogP contribution < -0.4 is 4.72 Å². The molecule has 1 aromatic heterocycles. The second-order valence-corrected chi connectivity index (χ2v) is 6.21. The zero-order valence-corrected chi connectivity index (χ0v) is 12.3. The van der Waals surface area contributed by atoms with Gasteiger partial charge in [-0.25, -0.2) is 13.1 Å². The molecule has 0 fully saturated rings. The summed E-state index contributed by atoms with van der Waals surface area (Å²) >= 11 is 11.6. The molecule has 0 amide bonds. The van der Waals surface area contributed by atoms with Gasteiger partial charge in [0.2, 0.25) is 0 Å². The largest absolute Gasteiger partial charge is 0.264 e. The van der Waals surface area contributed by atoms with E-state index in [0.717, 1.165) is 0 Å². The van der Waals surface area contributed by atoms with Crippen LogP contribution in [0.15, 0.2) is 35.4 Å². The van der Waals surface area contributed by atoms with E-state index in [9.17, 15) is 8.42 Å². The number of anilines is 1. The van der Waals surface area contributed by atoms with Crippen LogP contribution in [0.25, 0.3) is 0 Å². The van der Waals surface area contributed by atoms with E-state index in [1.54, 1.807) is 6.07 Å². The molecule has 2 aromatic rings. The van der Waals surface area contributed by atoms with Crippen LogP contribution in [-0.4, -0.2) is 18.2 Å². The quantitative estimate of drug-likeness (QED) is 0.942. The van der Waals surface area contributed by atoms with Crippen LogP contribution in [-0.2, 0) is 16.6 Å². The van der Waals surface area contributed by atoms with Crippen molar-refractivity contribution in [2.75, 3.05) is 4.72 Å². The Morgan fingerprint density at radius 1 is 1.32 bits per heavy atom. The van der Waals surface area contributed by atoms with Gasteiger partial charge in [0, 0.05) is 17.6 Å². The van der Waals surface area contributed by atoms with E-state index >= 15 is 0 Å². The zero-order valence-electron chi connectivity index (χ0n) is 9.97. The van der Waals surface area contributed by atoms with Crippen molar-refractivity contribution in [3.05, 3.63) is 40.5 Å². The summed E-state index contributed by atoms with van der Waals surface area (Å²) in [4.78, 5) is -0.0255. The summed E-state index contributed by atoms with van der Waals surface area (Å²) in [5.74, 6) is 0.383. The number of rotatable bonds is 4. The minimum atomic E-state index is -3.76. The van der Waals surface area contributed by atoms with E-state index in [0.29, 0.717) is 17.4 Å². The van der Waals surface area contributed by atoms with Gasteiger partial charge in [0.05, 0.1) is 11.2 Å². The summed E-state index contributed by atoms with van der Waals surface area (Å²) in [5.41, 5.74) is 0. The molecule has 0 saturated carbocycles. The summed E-state index contributed by atoms with van der Waals surface area (Å²) in [5, 5.41) is 4.43. The summed E-state index contributed by atoms with van der Waals surface area (Å²) in [6.07, 6.45) is 1.52. The average Bonchev–Trinajstić information content (AvgIpc) is 2.74. The number of hydrogen-bond donors (Lipinski definition) is 1. The van der Waals surface area contributed by atoms with Crippen LogP contribution in [0.1, 0.15) is 6.92 Å². The maximum absolute atomic E-state index is 12.2. The van der Waals surface area contributed by atoms with Gasteiger partial charge < -0.3 is 0 Å². The van der Waals surface area contributed by atoms with Crippen molar-refractivity contribution in [1.29, 1.82) is 0 Å². The minimum absolute atomic E-state index is 0.0255. The lowest BCUT2D eigenvalue weighted by Gasteiger charge is -2.10. The predicted molar refractivity (Wildman–Crippen MR) is 75.2 cm³/mol. The van der Waals surface area contributed by atoms with Gasteiger partial charge in [-0.05, 0) is 25.1 Å². The molecule has 0 atom stereocenters. The molecular weight excluding hydrogens is 309 g/mol. The number of aryl methyl sites for hydroxylation is 1. The molecule has 0 bridgehead atoms. The van der Waals surface area contributed by atoms with Crippen molar-refractivity contribution >= 4 is 39.0 Å². The number of aromatic nitrogens is 2. The molecule has 1 aromatic carbocycles. The van der Waals surface area contributed by atoms with E-state index in [1.807, 2.05) is 6.92 Å². The van der Waals surface area contributed by atoms with Crippen LogP contribution in [0.2, 0.25) is 10.0 Å². The SMILES string of the molecule is CCn1nccc1NS(=O)(=O)c1ccc(Cl)cc1Cl. The number of sulfonamides is 1. The van der Waals surface area contributed by atoms with Crippen molar-refractivity contribution in [2.45, 2.75) is 18.4 Å². The Kier molecular flexibility index (Phi) is 4.03. The number of hydrogen-bond acceptors (Lipinski definition) is 3. The Bertz CT molecular complexity index is 698. The molecule has 0 spiro atoms. The summed E-state index contributed by atoms with van der Waals surface area (Å²) < 4.78 is 28.4. The van der Waals surface area contributed by atoms with Gasteiger partial charge in [-0.2, -0.15) is 5.10 Å². The topological polar surface area (TPSA) is 64.0 Å². The summed E-state index contributed by atoms with van der Waals surface area (Å²) in [7, 11) is -3.76. The smallest absolute Gasteiger partial charge is 0.264 e. The Morgan fingerprint density at radius 3 is 2.68 bits per heavy atom. The van der Waals surface area contributed by atoms with E-state index in [-0.39, 0.29) is 9.92 Å². The normalized spacial score (nSPS) is 11.5. The number of nitrogens with zero attached hydrogens (tertiary/aromatic N) is 2. The molecule has 5 nitrogen and oxygen atoms in total. The molecule has 0 aliphatic rings. The molecule has 1 heterocycles. The Morgan fingerprint density at radius 2 is 2.05 bits per heavy atom. The number of nitrogens with one attached hydrogen (secondary N) is 1. The molecule has 0 saturated heterocycles. The van der Waals surface area contributed by atoms with Crippen LogP contribution >= 0.6 is 23.2 Å². The van der Waals surface area contributed by atoms with E-state index in [1.165, 1.54) is 29.1 Å². The van der Waals surface area contributed by atoms with Gasteiger partial charge in [-0.3, -0.25) is 4.72 Å². The van der Waals surface area contributed by atoms with Gasteiger partial charge in [-0.1, -0.05) is 23.2 Å². The highest BCUT2D eigenvalue weighted by molar-refractivity contribution is 7.92. The fraction of sp³-hybridized carbons (Fsp3) is 0.182. The molecule has 19 heavy (non-hydrogen) atoms. The standard InChI is InChI=1S/C11H11Cl2N3O2S/c1-2-16-11(5-6-14-16)15-19(17,18)10-4-3-8(12)7-9(10)13/h3-7,15H,2H2,1H3. The molecule has 102 valence electrons. The lowest BCUT2D eigenvalue weighted by molar-refractivity contribution is 0.599.